The third-order valence-corrected chi connectivity index (χ3v) is 9.09. The van der Waals surface area contributed by atoms with Gasteiger partial charge in [-0.25, -0.2) is 14.8 Å². The number of thiazole rings is 1. The normalized spacial score (nSPS) is 14.4. The smallest absolute Gasteiger partial charge is 0.338 e. The fourth-order valence-electron chi connectivity index (χ4n) is 5.18. The van der Waals surface area contributed by atoms with Crippen LogP contribution in [0.4, 0.5) is 5.69 Å². The molecule has 2 aromatic heterocycles. The van der Waals surface area contributed by atoms with Gasteiger partial charge in [0, 0.05) is 23.4 Å². The van der Waals surface area contributed by atoms with Gasteiger partial charge in [-0.3, -0.25) is 24.3 Å². The molecule has 15 heteroatoms. The van der Waals surface area contributed by atoms with E-state index in [-0.39, 0.29) is 38.0 Å². The minimum absolute atomic E-state index is 0.122. The average Bonchev–Trinajstić information content (AvgIpc) is 3.34. The van der Waals surface area contributed by atoms with Gasteiger partial charge >= 0.3 is 5.97 Å². The first-order valence-electron chi connectivity index (χ1n) is 14.6. The molecule has 5 rings (SSSR count). The van der Waals surface area contributed by atoms with Crippen LogP contribution in [0.5, 0.6) is 11.5 Å². The Morgan fingerprint density at radius 3 is 2.60 bits per heavy atom. The predicted molar refractivity (Wildman–Crippen MR) is 176 cm³/mol. The predicted octanol–water partition coefficient (Wildman–Crippen LogP) is 4.05. The van der Waals surface area contributed by atoms with Crippen LogP contribution in [0.2, 0.25) is 0 Å². The molecule has 3 heterocycles. The van der Waals surface area contributed by atoms with Crippen molar-refractivity contribution in [3.8, 4) is 11.5 Å². The van der Waals surface area contributed by atoms with E-state index in [0.717, 1.165) is 23.1 Å². The van der Waals surface area contributed by atoms with E-state index in [0.29, 0.717) is 51.7 Å². The summed E-state index contributed by atoms with van der Waals surface area (Å²) in [6.07, 6.45) is 2.68. The molecule has 0 fully saturated rings. The zero-order valence-corrected chi connectivity index (χ0v) is 27.8. The summed E-state index contributed by atoms with van der Waals surface area (Å²) in [5.74, 6) is 0.325. The third kappa shape index (κ3) is 6.90. The summed E-state index contributed by atoms with van der Waals surface area (Å²) in [5.41, 5.74) is 1.04. The van der Waals surface area contributed by atoms with Gasteiger partial charge < -0.3 is 19.2 Å². The number of hydrogen-bond acceptors (Lipinski definition) is 12. The summed E-state index contributed by atoms with van der Waals surface area (Å²) in [6.45, 7) is 5.44. The third-order valence-electron chi connectivity index (χ3n) is 7.16. The quantitative estimate of drug-likeness (QED) is 0.106. The van der Waals surface area contributed by atoms with Gasteiger partial charge in [-0.15, -0.1) is 0 Å². The summed E-state index contributed by atoms with van der Waals surface area (Å²) < 4.78 is 18.3. The number of H-pyrrole nitrogens is 1. The SMILES string of the molecule is CCCC1=C(C(=O)OCC)[C@H](c2cc(OC)ccc2OC)n2c(s/c(=C\c3ccc(Sc4nc(C)cc(=O)[nH]4)c([N+](=O)[O-])c3)c2=O)=N1. The number of esters is 1. The van der Waals surface area contributed by atoms with Crippen LogP contribution in [0.1, 0.15) is 49.6 Å². The fourth-order valence-corrected chi connectivity index (χ4v) is 7.12. The monoisotopic (exact) mass is 677 g/mol. The van der Waals surface area contributed by atoms with Gasteiger partial charge in [-0.1, -0.05) is 30.7 Å². The number of methoxy groups -OCH3 is 2. The summed E-state index contributed by atoms with van der Waals surface area (Å²) >= 11 is 2.06. The van der Waals surface area contributed by atoms with Crippen LogP contribution in [-0.2, 0) is 9.53 Å². The molecule has 1 aliphatic heterocycles. The van der Waals surface area contributed by atoms with Crippen LogP contribution >= 0.6 is 23.1 Å². The van der Waals surface area contributed by atoms with Crippen LogP contribution in [-0.4, -0.2) is 46.3 Å². The van der Waals surface area contributed by atoms with Gasteiger partial charge in [0.25, 0.3) is 16.8 Å². The van der Waals surface area contributed by atoms with Crippen LogP contribution in [0, 0.1) is 17.0 Å². The maximum absolute atomic E-state index is 14.2. The summed E-state index contributed by atoms with van der Waals surface area (Å²) in [7, 11) is 3.01. The number of nitro groups is 1. The first-order valence-corrected chi connectivity index (χ1v) is 16.2. The van der Waals surface area contributed by atoms with Crippen LogP contribution in [0.25, 0.3) is 6.08 Å². The molecule has 0 bridgehead atoms. The van der Waals surface area contributed by atoms with Gasteiger partial charge in [0.15, 0.2) is 9.96 Å². The molecule has 1 N–H and O–H groups in total. The number of nitrogens with one attached hydrogen (secondary N) is 1. The van der Waals surface area contributed by atoms with Crippen molar-refractivity contribution in [3.05, 3.63) is 111 Å². The lowest BCUT2D eigenvalue weighted by atomic mass is 9.93. The number of ether oxygens (including phenoxy) is 3. The molecule has 0 spiro atoms. The molecular formula is C32H31N5O8S2. The Morgan fingerprint density at radius 1 is 1.15 bits per heavy atom. The molecule has 4 aromatic rings. The highest BCUT2D eigenvalue weighted by molar-refractivity contribution is 7.99. The van der Waals surface area contributed by atoms with E-state index in [1.807, 2.05) is 6.92 Å². The van der Waals surface area contributed by atoms with Crippen molar-refractivity contribution in [1.29, 1.82) is 0 Å². The molecule has 2 aromatic carbocycles. The van der Waals surface area contributed by atoms with Crippen molar-refractivity contribution in [2.45, 2.75) is 49.7 Å². The summed E-state index contributed by atoms with van der Waals surface area (Å²) in [5, 5.41) is 12.3. The van der Waals surface area contributed by atoms with E-state index < -0.39 is 22.5 Å². The molecule has 13 nitrogen and oxygen atoms in total. The minimum atomic E-state index is -0.948. The number of nitro benzene ring substituents is 1. The number of carbonyl (C=O) groups is 1. The van der Waals surface area contributed by atoms with Crippen molar-refractivity contribution < 1.29 is 23.9 Å². The van der Waals surface area contributed by atoms with Gasteiger partial charge in [-0.05, 0) is 67.9 Å². The summed E-state index contributed by atoms with van der Waals surface area (Å²) in [4.78, 5) is 63.3. The number of nitrogens with zero attached hydrogens (tertiary/aromatic N) is 4. The molecule has 0 aliphatic carbocycles. The minimum Gasteiger partial charge on any atom is -0.497 e. The Morgan fingerprint density at radius 2 is 1.94 bits per heavy atom. The second-order valence-electron chi connectivity index (χ2n) is 10.3. The molecule has 0 unspecified atom stereocenters. The topological polar surface area (TPSA) is 168 Å². The highest BCUT2D eigenvalue weighted by Crippen LogP contribution is 2.39. The van der Waals surface area contributed by atoms with Crippen molar-refractivity contribution in [1.82, 2.24) is 14.5 Å². The molecule has 1 aliphatic rings. The van der Waals surface area contributed by atoms with Crippen molar-refractivity contribution in [2.75, 3.05) is 20.8 Å². The highest BCUT2D eigenvalue weighted by atomic mass is 32.2. The number of rotatable bonds is 11. The van der Waals surface area contributed by atoms with E-state index in [2.05, 4.69) is 9.97 Å². The number of aromatic amines is 1. The molecule has 0 saturated carbocycles. The van der Waals surface area contributed by atoms with E-state index in [1.54, 1.807) is 44.2 Å². The Kier molecular flexibility index (Phi) is 10.1. The van der Waals surface area contributed by atoms with E-state index in [1.165, 1.54) is 37.0 Å². The van der Waals surface area contributed by atoms with Crippen molar-refractivity contribution >= 4 is 40.8 Å². The molecule has 47 heavy (non-hydrogen) atoms. The molecule has 244 valence electrons. The lowest BCUT2D eigenvalue weighted by Crippen LogP contribution is -2.40. The number of aryl methyl sites for hydroxylation is 1. The number of allylic oxidation sites excluding steroid dienone is 1. The number of hydrogen-bond donors (Lipinski definition) is 1. The molecule has 0 amide bonds. The van der Waals surface area contributed by atoms with Gasteiger partial charge in [0.1, 0.15) is 17.5 Å². The van der Waals surface area contributed by atoms with Crippen LogP contribution in [0.3, 0.4) is 0 Å². The number of benzene rings is 2. The molecule has 0 saturated heterocycles. The van der Waals surface area contributed by atoms with Gasteiger partial charge in [0.2, 0.25) is 0 Å². The van der Waals surface area contributed by atoms with Crippen molar-refractivity contribution in [3.63, 3.8) is 0 Å². The zero-order chi connectivity index (χ0) is 33.8. The van der Waals surface area contributed by atoms with Crippen LogP contribution < -0.4 is 29.9 Å². The maximum atomic E-state index is 14.2. The average molecular weight is 678 g/mol. The number of fused-ring (bicyclic) bond motifs is 1. The first-order chi connectivity index (χ1) is 22.6. The number of carbonyl (C=O) groups excluding carboxylic acids is 1. The second kappa shape index (κ2) is 14.2. The van der Waals surface area contributed by atoms with Crippen molar-refractivity contribution in [2.24, 2.45) is 4.99 Å². The van der Waals surface area contributed by atoms with Gasteiger partial charge in [-0.2, -0.15) is 0 Å². The standard InChI is InChI=1S/C32H31N5O8S2/c1-6-8-21-27(30(40)45-7-2)28(20-16-19(43-4)10-11-23(20)44-5)36-29(39)25(47-32(36)34-21)15-18-9-12-24(22(14-18)37(41)42)46-31-33-17(3)13-26(38)35-31/h9-16,28H,6-8H2,1-5H3,(H,33,35,38)/b25-15-/t28-/m0/s1. The fraction of sp³-hybridized carbons (Fsp3) is 0.281. The largest absolute Gasteiger partial charge is 0.497 e. The van der Waals surface area contributed by atoms with Gasteiger partial charge in [0.05, 0.1) is 46.4 Å². The highest BCUT2D eigenvalue weighted by Gasteiger charge is 2.36. The lowest BCUT2D eigenvalue weighted by molar-refractivity contribution is -0.387. The maximum Gasteiger partial charge on any atom is 0.338 e. The molecule has 1 atom stereocenters. The van der Waals surface area contributed by atoms with E-state index >= 15 is 0 Å². The molecular weight excluding hydrogens is 647 g/mol. The van der Waals surface area contributed by atoms with E-state index in [9.17, 15) is 24.5 Å². The first kappa shape index (κ1) is 33.3. The Bertz CT molecular complexity index is 2150. The zero-order valence-electron chi connectivity index (χ0n) is 26.2. The number of aromatic nitrogens is 3. The Hall–Kier alpha value is -5.02. The molecule has 0 radical (unpaired) electrons. The summed E-state index contributed by atoms with van der Waals surface area (Å²) in [6, 6.07) is 10.0. The van der Waals surface area contributed by atoms with Crippen LogP contribution in [0.15, 0.2) is 78.4 Å². The second-order valence-corrected chi connectivity index (χ2v) is 12.3. The Balaban J connectivity index is 1.70. The lowest BCUT2D eigenvalue weighted by Gasteiger charge is -2.27. The van der Waals surface area contributed by atoms with E-state index in [4.69, 9.17) is 19.2 Å². The Labute approximate surface area is 276 Å².